The highest BCUT2D eigenvalue weighted by Crippen LogP contribution is 2.29. The number of nitrogens with one attached hydrogen (secondary N) is 1. The quantitative estimate of drug-likeness (QED) is 0.622. The second kappa shape index (κ2) is 6.88. The van der Waals surface area contributed by atoms with Gasteiger partial charge in [0.15, 0.2) is 0 Å². The number of methoxy groups -OCH3 is 1. The van der Waals surface area contributed by atoms with Crippen LogP contribution in [-0.4, -0.2) is 18.7 Å². The van der Waals surface area contributed by atoms with Crippen molar-refractivity contribution in [1.82, 2.24) is 10.4 Å². The summed E-state index contributed by atoms with van der Waals surface area (Å²) >= 11 is 0. The molecule has 0 aliphatic carbocycles. The Hall–Kier alpha value is -2.11. The van der Waals surface area contributed by atoms with Crippen molar-refractivity contribution in [2.45, 2.75) is 13.0 Å². The van der Waals surface area contributed by atoms with Crippen LogP contribution in [0.3, 0.4) is 0 Å². The molecule has 0 aliphatic heterocycles. The number of hydrogen-bond donors (Lipinski definition) is 2. The first kappa shape index (κ1) is 14.3. The van der Waals surface area contributed by atoms with Gasteiger partial charge in [0, 0.05) is 11.8 Å². The van der Waals surface area contributed by atoms with Crippen LogP contribution in [0.4, 0.5) is 0 Å². The second-order valence-corrected chi connectivity index (χ2v) is 4.21. The van der Waals surface area contributed by atoms with E-state index in [9.17, 15) is 0 Å². The van der Waals surface area contributed by atoms with Crippen LogP contribution < -0.4 is 20.7 Å². The van der Waals surface area contributed by atoms with Gasteiger partial charge in [-0.25, -0.2) is 10.4 Å². The minimum Gasteiger partial charge on any atom is -0.494 e. The molecule has 0 radical (unpaired) electrons. The van der Waals surface area contributed by atoms with Crippen molar-refractivity contribution in [1.29, 1.82) is 0 Å². The molecule has 0 aliphatic rings. The molecule has 1 atom stereocenters. The molecule has 0 bridgehead atoms. The predicted molar refractivity (Wildman–Crippen MR) is 77.6 cm³/mol. The van der Waals surface area contributed by atoms with Gasteiger partial charge in [-0.3, -0.25) is 5.84 Å². The van der Waals surface area contributed by atoms with Crippen molar-refractivity contribution in [3.63, 3.8) is 0 Å². The van der Waals surface area contributed by atoms with Gasteiger partial charge >= 0.3 is 0 Å². The summed E-state index contributed by atoms with van der Waals surface area (Å²) in [6, 6.07) is 11.4. The van der Waals surface area contributed by atoms with E-state index in [-0.39, 0.29) is 6.04 Å². The molecule has 1 aromatic heterocycles. The molecule has 20 heavy (non-hydrogen) atoms. The third-order valence-corrected chi connectivity index (χ3v) is 2.97. The Bertz CT molecular complexity index is 560. The summed E-state index contributed by atoms with van der Waals surface area (Å²) < 4.78 is 10.8. The van der Waals surface area contributed by atoms with Gasteiger partial charge in [-0.1, -0.05) is 18.2 Å². The fourth-order valence-electron chi connectivity index (χ4n) is 2.11. The Morgan fingerprint density at radius 3 is 2.85 bits per heavy atom. The SMILES string of the molecule is CCOc1cccc(C(NN)c2cccnc2OC)c1. The van der Waals surface area contributed by atoms with Gasteiger partial charge in [0.05, 0.1) is 19.8 Å². The molecule has 0 amide bonds. The molecule has 0 spiro atoms. The maximum absolute atomic E-state index is 5.71. The number of pyridine rings is 1. The van der Waals surface area contributed by atoms with Gasteiger partial charge in [-0.15, -0.1) is 0 Å². The first-order chi connectivity index (χ1) is 9.80. The van der Waals surface area contributed by atoms with Crippen LogP contribution in [0.25, 0.3) is 0 Å². The minimum atomic E-state index is -0.209. The van der Waals surface area contributed by atoms with E-state index in [1.807, 2.05) is 43.3 Å². The van der Waals surface area contributed by atoms with E-state index in [1.54, 1.807) is 13.3 Å². The average molecular weight is 273 g/mol. The Morgan fingerprint density at radius 2 is 2.15 bits per heavy atom. The Labute approximate surface area is 118 Å². The first-order valence-corrected chi connectivity index (χ1v) is 6.48. The number of hydrazine groups is 1. The van der Waals surface area contributed by atoms with E-state index >= 15 is 0 Å². The fraction of sp³-hybridized carbons (Fsp3) is 0.267. The third kappa shape index (κ3) is 3.07. The van der Waals surface area contributed by atoms with Gasteiger partial charge in [-0.05, 0) is 30.7 Å². The normalized spacial score (nSPS) is 11.9. The van der Waals surface area contributed by atoms with Crippen molar-refractivity contribution in [3.8, 4) is 11.6 Å². The number of aromatic nitrogens is 1. The lowest BCUT2D eigenvalue weighted by Gasteiger charge is -2.19. The topological polar surface area (TPSA) is 69.4 Å². The molecule has 5 heteroatoms. The van der Waals surface area contributed by atoms with Crippen LogP contribution >= 0.6 is 0 Å². The van der Waals surface area contributed by atoms with Crippen molar-refractivity contribution in [3.05, 3.63) is 53.7 Å². The highest BCUT2D eigenvalue weighted by atomic mass is 16.5. The molecule has 0 saturated heterocycles. The van der Waals surface area contributed by atoms with Crippen LogP contribution in [0.15, 0.2) is 42.6 Å². The fourth-order valence-corrected chi connectivity index (χ4v) is 2.11. The van der Waals surface area contributed by atoms with Crippen molar-refractivity contribution in [2.75, 3.05) is 13.7 Å². The lowest BCUT2D eigenvalue weighted by Crippen LogP contribution is -2.29. The summed E-state index contributed by atoms with van der Waals surface area (Å²) in [5, 5.41) is 0. The largest absolute Gasteiger partial charge is 0.494 e. The van der Waals surface area contributed by atoms with E-state index in [2.05, 4.69) is 10.4 Å². The number of ether oxygens (including phenoxy) is 2. The summed E-state index contributed by atoms with van der Waals surface area (Å²) in [5.41, 5.74) is 4.67. The molecule has 0 fully saturated rings. The predicted octanol–water partition coefficient (Wildman–Crippen LogP) is 2.04. The molecular formula is C15H19N3O2. The number of nitrogens with two attached hydrogens (primary N) is 1. The molecule has 0 saturated carbocycles. The van der Waals surface area contributed by atoms with E-state index in [0.717, 1.165) is 16.9 Å². The zero-order valence-electron chi connectivity index (χ0n) is 11.7. The van der Waals surface area contributed by atoms with Crippen molar-refractivity contribution in [2.24, 2.45) is 5.84 Å². The van der Waals surface area contributed by atoms with Crippen molar-refractivity contribution < 1.29 is 9.47 Å². The van der Waals surface area contributed by atoms with E-state index < -0.39 is 0 Å². The maximum Gasteiger partial charge on any atom is 0.218 e. The van der Waals surface area contributed by atoms with Crippen LogP contribution in [0.1, 0.15) is 24.1 Å². The monoisotopic (exact) mass is 273 g/mol. The molecule has 1 unspecified atom stereocenters. The molecule has 2 aromatic rings. The maximum atomic E-state index is 5.71. The Morgan fingerprint density at radius 1 is 1.30 bits per heavy atom. The summed E-state index contributed by atoms with van der Waals surface area (Å²) in [4.78, 5) is 4.20. The minimum absolute atomic E-state index is 0.209. The van der Waals surface area contributed by atoms with Gasteiger partial charge in [0.1, 0.15) is 5.75 Å². The summed E-state index contributed by atoms with van der Waals surface area (Å²) in [6.45, 7) is 2.58. The Balaban J connectivity index is 2.39. The van der Waals surface area contributed by atoms with Crippen LogP contribution in [0, 0.1) is 0 Å². The van der Waals surface area contributed by atoms with Gasteiger partial charge < -0.3 is 9.47 Å². The standard InChI is InChI=1S/C15H19N3O2/c1-3-20-12-7-4-6-11(10-12)14(18-16)13-8-5-9-17-15(13)19-2/h4-10,14,18H,3,16H2,1-2H3. The highest BCUT2D eigenvalue weighted by molar-refractivity contribution is 5.40. The van der Waals surface area contributed by atoms with Gasteiger partial charge in [0.25, 0.3) is 0 Å². The highest BCUT2D eigenvalue weighted by Gasteiger charge is 2.18. The lowest BCUT2D eigenvalue weighted by atomic mass is 10.00. The van der Waals surface area contributed by atoms with E-state index in [0.29, 0.717) is 12.5 Å². The molecule has 106 valence electrons. The molecule has 3 N–H and O–H groups in total. The Kier molecular flexibility index (Phi) is 4.92. The molecule has 1 aromatic carbocycles. The van der Waals surface area contributed by atoms with Gasteiger partial charge in [0.2, 0.25) is 5.88 Å². The molecular weight excluding hydrogens is 254 g/mol. The number of nitrogens with zero attached hydrogens (tertiary/aromatic N) is 1. The molecule has 2 rings (SSSR count). The van der Waals surface area contributed by atoms with Crippen molar-refractivity contribution >= 4 is 0 Å². The average Bonchev–Trinajstić information content (AvgIpc) is 2.49. The first-order valence-electron chi connectivity index (χ1n) is 6.48. The van der Waals surface area contributed by atoms with E-state index in [4.69, 9.17) is 15.3 Å². The lowest BCUT2D eigenvalue weighted by molar-refractivity contribution is 0.339. The number of benzene rings is 1. The van der Waals surface area contributed by atoms with E-state index in [1.165, 1.54) is 0 Å². The third-order valence-electron chi connectivity index (χ3n) is 2.97. The van der Waals surface area contributed by atoms with Gasteiger partial charge in [-0.2, -0.15) is 0 Å². The summed E-state index contributed by atoms with van der Waals surface area (Å²) in [7, 11) is 1.59. The van der Waals surface area contributed by atoms with Crippen LogP contribution in [0.5, 0.6) is 11.6 Å². The van der Waals surface area contributed by atoms with Crippen LogP contribution in [-0.2, 0) is 0 Å². The number of rotatable bonds is 6. The van der Waals surface area contributed by atoms with Crippen LogP contribution in [0.2, 0.25) is 0 Å². The number of hydrogen-bond acceptors (Lipinski definition) is 5. The summed E-state index contributed by atoms with van der Waals surface area (Å²) in [5.74, 6) is 7.08. The molecule has 5 nitrogen and oxygen atoms in total. The second-order valence-electron chi connectivity index (χ2n) is 4.21. The zero-order chi connectivity index (χ0) is 14.4. The molecule has 1 heterocycles. The summed E-state index contributed by atoms with van der Waals surface area (Å²) in [6.07, 6.45) is 1.69. The smallest absolute Gasteiger partial charge is 0.218 e. The zero-order valence-corrected chi connectivity index (χ0v) is 11.7.